The fourth-order valence-corrected chi connectivity index (χ4v) is 0.780. The van der Waals surface area contributed by atoms with Crippen LogP contribution < -0.4 is 11.1 Å². The smallest absolute Gasteiger partial charge is 0.407 e. The maximum Gasteiger partial charge on any atom is 0.407 e. The normalized spacial score (nSPS) is 15.2. The number of rotatable bonds is 4. The molecule has 0 aliphatic carbocycles. The molecule has 0 fully saturated rings. The fourth-order valence-electron chi connectivity index (χ4n) is 0.780. The van der Waals surface area contributed by atoms with Crippen LogP contribution >= 0.6 is 0 Å². The zero-order valence-electron chi connectivity index (χ0n) is 8.83. The molecule has 78 valence electrons. The van der Waals surface area contributed by atoms with E-state index in [1.54, 1.807) is 0 Å². The summed E-state index contributed by atoms with van der Waals surface area (Å²) in [6, 6.07) is 0.0521. The zero-order valence-corrected chi connectivity index (χ0v) is 8.83. The minimum absolute atomic E-state index is 0.0521. The van der Waals surface area contributed by atoms with E-state index in [1.165, 1.54) is 0 Å². The van der Waals surface area contributed by atoms with E-state index in [4.69, 9.17) is 10.5 Å². The van der Waals surface area contributed by atoms with Crippen LogP contribution in [0.5, 0.6) is 0 Å². The molecule has 0 bridgehead atoms. The number of nitrogens with one attached hydrogen (secondary N) is 1. The van der Waals surface area contributed by atoms with Crippen LogP contribution in [0.15, 0.2) is 0 Å². The van der Waals surface area contributed by atoms with E-state index in [9.17, 15) is 4.79 Å². The van der Waals surface area contributed by atoms with E-state index in [0.717, 1.165) is 0 Å². The van der Waals surface area contributed by atoms with Crippen LogP contribution in [-0.2, 0) is 4.74 Å². The van der Waals surface area contributed by atoms with Crippen LogP contribution in [0.25, 0.3) is 0 Å². The topological polar surface area (TPSA) is 64.3 Å². The predicted molar refractivity (Wildman–Crippen MR) is 52.4 cm³/mol. The van der Waals surface area contributed by atoms with E-state index in [1.807, 2.05) is 27.7 Å². The molecular formula is C9H20N2O2. The average Bonchev–Trinajstić information content (AvgIpc) is 2.01. The number of hydrogen-bond acceptors (Lipinski definition) is 3. The number of carbonyl (C=O) groups is 1. The van der Waals surface area contributed by atoms with E-state index >= 15 is 0 Å². The molecule has 0 aromatic rings. The molecule has 2 atom stereocenters. The second-order valence-electron chi connectivity index (χ2n) is 3.60. The van der Waals surface area contributed by atoms with Crippen molar-refractivity contribution in [3.05, 3.63) is 0 Å². The number of hydrogen-bond donors (Lipinski definition) is 2. The molecule has 0 spiro atoms. The average molecular weight is 188 g/mol. The summed E-state index contributed by atoms with van der Waals surface area (Å²) in [5, 5.41) is 2.72. The fraction of sp³-hybridized carbons (Fsp3) is 0.889. The highest BCUT2D eigenvalue weighted by Crippen LogP contribution is 2.00. The van der Waals surface area contributed by atoms with Gasteiger partial charge in [0.2, 0.25) is 0 Å². The number of amides is 1. The largest absolute Gasteiger partial charge is 0.447 e. The second kappa shape index (κ2) is 5.80. The molecule has 0 aromatic heterocycles. The monoisotopic (exact) mass is 188 g/mol. The second-order valence-corrected chi connectivity index (χ2v) is 3.60. The Hall–Kier alpha value is -0.770. The third-order valence-electron chi connectivity index (χ3n) is 1.91. The highest BCUT2D eigenvalue weighted by atomic mass is 16.6. The third kappa shape index (κ3) is 5.47. The molecule has 0 aliphatic heterocycles. The Balaban J connectivity index is 3.77. The summed E-state index contributed by atoms with van der Waals surface area (Å²) >= 11 is 0. The first-order valence-corrected chi connectivity index (χ1v) is 4.64. The van der Waals surface area contributed by atoms with Crippen molar-refractivity contribution in [3.8, 4) is 0 Å². The van der Waals surface area contributed by atoms with E-state index < -0.39 is 0 Å². The van der Waals surface area contributed by atoms with Gasteiger partial charge in [-0.25, -0.2) is 4.79 Å². The molecule has 4 heteroatoms. The van der Waals surface area contributed by atoms with Crippen LogP contribution in [0, 0.1) is 5.92 Å². The maximum atomic E-state index is 11.1. The van der Waals surface area contributed by atoms with Crippen molar-refractivity contribution in [1.29, 1.82) is 0 Å². The molecule has 0 saturated heterocycles. The van der Waals surface area contributed by atoms with Crippen molar-refractivity contribution in [2.75, 3.05) is 6.54 Å². The number of ether oxygens (including phenoxy) is 1. The van der Waals surface area contributed by atoms with Crippen LogP contribution in [0.4, 0.5) is 4.79 Å². The van der Waals surface area contributed by atoms with Crippen molar-refractivity contribution in [3.63, 3.8) is 0 Å². The molecule has 1 amide bonds. The predicted octanol–water partition coefficient (Wildman–Crippen LogP) is 1.10. The SMILES string of the molecule is CC(C)OC(=O)N[C@@H](C)[C@H](C)CN. The standard InChI is InChI=1S/C9H20N2O2/c1-6(2)13-9(12)11-8(4)7(3)5-10/h6-8H,5,10H2,1-4H3,(H,11,12)/t7-,8+/m1/s1. The molecule has 0 aromatic carbocycles. The van der Waals surface area contributed by atoms with Crippen molar-refractivity contribution < 1.29 is 9.53 Å². The molecule has 0 rings (SSSR count). The Kier molecular flexibility index (Phi) is 5.46. The van der Waals surface area contributed by atoms with Gasteiger partial charge in [0.25, 0.3) is 0 Å². The van der Waals surface area contributed by atoms with Crippen LogP contribution in [0.3, 0.4) is 0 Å². The third-order valence-corrected chi connectivity index (χ3v) is 1.91. The van der Waals surface area contributed by atoms with Gasteiger partial charge in [-0.15, -0.1) is 0 Å². The Morgan fingerprint density at radius 3 is 2.31 bits per heavy atom. The Bertz CT molecular complexity index is 160. The van der Waals surface area contributed by atoms with Gasteiger partial charge in [0.05, 0.1) is 6.10 Å². The Morgan fingerprint density at radius 1 is 1.38 bits per heavy atom. The summed E-state index contributed by atoms with van der Waals surface area (Å²) in [5.41, 5.74) is 5.46. The summed E-state index contributed by atoms with van der Waals surface area (Å²) in [6.07, 6.45) is -0.455. The molecule has 0 saturated carbocycles. The first-order valence-electron chi connectivity index (χ1n) is 4.64. The molecular weight excluding hydrogens is 168 g/mol. The Morgan fingerprint density at radius 2 is 1.92 bits per heavy atom. The van der Waals surface area contributed by atoms with Gasteiger partial charge in [-0.3, -0.25) is 0 Å². The van der Waals surface area contributed by atoms with E-state index in [0.29, 0.717) is 6.54 Å². The molecule has 0 unspecified atom stereocenters. The van der Waals surface area contributed by atoms with Gasteiger partial charge in [-0.1, -0.05) is 6.92 Å². The molecule has 13 heavy (non-hydrogen) atoms. The number of alkyl carbamates (subject to hydrolysis) is 1. The lowest BCUT2D eigenvalue weighted by atomic mass is 10.1. The highest BCUT2D eigenvalue weighted by molar-refractivity contribution is 5.67. The summed E-state index contributed by atoms with van der Waals surface area (Å²) < 4.78 is 4.92. The van der Waals surface area contributed by atoms with Crippen LogP contribution in [0.2, 0.25) is 0 Å². The lowest BCUT2D eigenvalue weighted by Crippen LogP contribution is -2.40. The summed E-state index contributed by atoms with van der Waals surface area (Å²) in [4.78, 5) is 11.1. The molecule has 3 N–H and O–H groups in total. The lowest BCUT2D eigenvalue weighted by Gasteiger charge is -2.20. The van der Waals surface area contributed by atoms with Gasteiger partial charge >= 0.3 is 6.09 Å². The van der Waals surface area contributed by atoms with Crippen molar-refractivity contribution in [1.82, 2.24) is 5.32 Å². The minimum Gasteiger partial charge on any atom is -0.447 e. The summed E-state index contributed by atoms with van der Waals surface area (Å²) in [7, 11) is 0. The first kappa shape index (κ1) is 12.2. The van der Waals surface area contributed by atoms with Gasteiger partial charge in [-0.2, -0.15) is 0 Å². The Labute approximate surface area is 79.8 Å². The summed E-state index contributed by atoms with van der Waals surface area (Å²) in [5.74, 6) is 0.264. The highest BCUT2D eigenvalue weighted by Gasteiger charge is 2.14. The quantitative estimate of drug-likeness (QED) is 0.694. The van der Waals surface area contributed by atoms with Crippen molar-refractivity contribution in [2.24, 2.45) is 11.7 Å². The molecule has 0 aliphatic rings. The van der Waals surface area contributed by atoms with Crippen LogP contribution in [0.1, 0.15) is 27.7 Å². The number of carbonyl (C=O) groups excluding carboxylic acids is 1. The lowest BCUT2D eigenvalue weighted by molar-refractivity contribution is 0.110. The van der Waals surface area contributed by atoms with Crippen molar-refractivity contribution in [2.45, 2.75) is 39.8 Å². The maximum absolute atomic E-state index is 11.1. The molecule has 4 nitrogen and oxygen atoms in total. The number of nitrogens with two attached hydrogens (primary N) is 1. The molecule has 0 radical (unpaired) electrons. The van der Waals surface area contributed by atoms with Gasteiger partial charge in [0.15, 0.2) is 0 Å². The van der Waals surface area contributed by atoms with Crippen molar-refractivity contribution >= 4 is 6.09 Å². The van der Waals surface area contributed by atoms with Gasteiger partial charge in [-0.05, 0) is 33.2 Å². The zero-order chi connectivity index (χ0) is 10.4. The van der Waals surface area contributed by atoms with E-state index in [-0.39, 0.29) is 24.2 Å². The summed E-state index contributed by atoms with van der Waals surface area (Å²) in [6.45, 7) is 8.09. The van der Waals surface area contributed by atoms with Crippen LogP contribution in [-0.4, -0.2) is 24.8 Å². The van der Waals surface area contributed by atoms with Gasteiger partial charge < -0.3 is 15.8 Å². The van der Waals surface area contributed by atoms with Gasteiger partial charge in [0, 0.05) is 6.04 Å². The minimum atomic E-state index is -0.372. The first-order chi connectivity index (χ1) is 5.97. The van der Waals surface area contributed by atoms with E-state index in [2.05, 4.69) is 5.32 Å². The van der Waals surface area contributed by atoms with Gasteiger partial charge in [0.1, 0.15) is 0 Å². The molecule has 0 heterocycles.